The van der Waals surface area contributed by atoms with Crippen molar-refractivity contribution in [1.82, 2.24) is 0 Å². The maximum absolute atomic E-state index is 12.5. The monoisotopic (exact) mass is 331 g/mol. The van der Waals surface area contributed by atoms with Gasteiger partial charge in [0.2, 0.25) is 0 Å². The lowest BCUT2D eigenvalue weighted by Crippen LogP contribution is -2.29. The molecule has 4 rings (SSSR count). The van der Waals surface area contributed by atoms with Gasteiger partial charge in [0.05, 0.1) is 16.8 Å². The summed E-state index contributed by atoms with van der Waals surface area (Å²) in [5, 5.41) is 18.9. The second-order valence-corrected chi connectivity index (χ2v) is 5.77. The first-order valence-electron chi connectivity index (χ1n) is 7.66. The first kappa shape index (κ1) is 15.0. The van der Waals surface area contributed by atoms with E-state index in [2.05, 4.69) is 0 Å². The molecule has 0 bridgehead atoms. The molecular weight excluding hydrogens is 318 g/mol. The molecule has 0 radical (unpaired) electrons. The molecule has 1 heterocycles. The smallest absolute Gasteiger partial charge is 0.266 e. The van der Waals surface area contributed by atoms with Gasteiger partial charge >= 0.3 is 0 Å². The number of amides is 2. The fraction of sp³-hybridized carbons (Fsp3) is 0. The Kier molecular flexibility index (Phi) is 3.28. The quantitative estimate of drug-likeness (QED) is 0.704. The zero-order valence-electron chi connectivity index (χ0n) is 13.0. The van der Waals surface area contributed by atoms with Crippen LogP contribution in [-0.2, 0) is 0 Å². The van der Waals surface area contributed by atoms with Crippen LogP contribution >= 0.6 is 0 Å². The normalized spacial score (nSPS) is 13.2. The average molecular weight is 331 g/mol. The lowest BCUT2D eigenvalue weighted by molar-refractivity contribution is 0.0926. The Morgan fingerprint density at radius 2 is 1.12 bits per heavy atom. The van der Waals surface area contributed by atoms with Crippen molar-refractivity contribution >= 4 is 17.5 Å². The molecule has 0 spiro atoms. The standard InChI is InChI=1S/C20H13NO4/c22-15-7-3-13(4-8-15)12-1-5-14(6-2-12)21-19(24)17-10-9-16(23)11-18(17)20(21)25/h1-11,22-23H. The number of nitrogens with zero attached hydrogens (tertiary/aromatic N) is 1. The van der Waals surface area contributed by atoms with Crippen molar-refractivity contribution in [2.24, 2.45) is 0 Å². The summed E-state index contributed by atoms with van der Waals surface area (Å²) >= 11 is 0. The number of benzene rings is 3. The third-order valence-electron chi connectivity index (χ3n) is 4.20. The molecule has 25 heavy (non-hydrogen) atoms. The summed E-state index contributed by atoms with van der Waals surface area (Å²) in [6.07, 6.45) is 0. The van der Waals surface area contributed by atoms with Crippen LogP contribution in [-0.4, -0.2) is 22.0 Å². The molecule has 0 unspecified atom stereocenters. The van der Waals surface area contributed by atoms with Gasteiger partial charge in [0.1, 0.15) is 11.5 Å². The number of carbonyl (C=O) groups is 2. The second-order valence-electron chi connectivity index (χ2n) is 5.77. The maximum Gasteiger partial charge on any atom is 0.266 e. The van der Waals surface area contributed by atoms with Crippen LogP contribution in [0, 0.1) is 0 Å². The maximum atomic E-state index is 12.5. The molecule has 1 aliphatic rings. The fourth-order valence-electron chi connectivity index (χ4n) is 2.92. The van der Waals surface area contributed by atoms with Gasteiger partial charge in [0.15, 0.2) is 0 Å². The number of carbonyl (C=O) groups excluding carboxylic acids is 2. The summed E-state index contributed by atoms with van der Waals surface area (Å²) in [7, 11) is 0. The highest BCUT2D eigenvalue weighted by molar-refractivity contribution is 6.34. The Morgan fingerprint density at radius 3 is 1.76 bits per heavy atom. The molecule has 3 aromatic rings. The van der Waals surface area contributed by atoms with Gasteiger partial charge < -0.3 is 10.2 Å². The first-order chi connectivity index (χ1) is 12.0. The highest BCUT2D eigenvalue weighted by Gasteiger charge is 2.36. The molecule has 2 amide bonds. The number of aromatic hydroxyl groups is 2. The van der Waals surface area contributed by atoms with Crippen molar-refractivity contribution in [3.63, 3.8) is 0 Å². The molecule has 3 aromatic carbocycles. The van der Waals surface area contributed by atoms with Gasteiger partial charge in [-0.25, -0.2) is 4.90 Å². The topological polar surface area (TPSA) is 77.8 Å². The molecule has 122 valence electrons. The molecule has 0 saturated heterocycles. The minimum absolute atomic E-state index is 0.0515. The van der Waals surface area contributed by atoms with Gasteiger partial charge in [-0.2, -0.15) is 0 Å². The average Bonchev–Trinajstić information content (AvgIpc) is 2.86. The summed E-state index contributed by atoms with van der Waals surface area (Å²) in [6.45, 7) is 0. The number of phenolic OH excluding ortho intramolecular Hbond substituents is 2. The summed E-state index contributed by atoms with van der Waals surface area (Å²) < 4.78 is 0. The van der Waals surface area contributed by atoms with Crippen molar-refractivity contribution in [2.45, 2.75) is 0 Å². The zero-order valence-corrected chi connectivity index (χ0v) is 13.0. The minimum atomic E-state index is -0.451. The van der Waals surface area contributed by atoms with Gasteiger partial charge in [0, 0.05) is 0 Å². The number of imide groups is 1. The molecular formula is C20H13NO4. The highest BCUT2D eigenvalue weighted by atomic mass is 16.3. The fourth-order valence-corrected chi connectivity index (χ4v) is 2.92. The SMILES string of the molecule is O=C1c2ccc(O)cc2C(=O)N1c1ccc(-c2ccc(O)cc2)cc1. The predicted molar refractivity (Wildman–Crippen MR) is 92.8 cm³/mol. The Morgan fingerprint density at radius 1 is 0.600 bits per heavy atom. The molecule has 0 aromatic heterocycles. The minimum Gasteiger partial charge on any atom is -0.508 e. The van der Waals surface area contributed by atoms with Crippen molar-refractivity contribution in [2.75, 3.05) is 4.90 Å². The molecule has 2 N–H and O–H groups in total. The van der Waals surface area contributed by atoms with E-state index in [9.17, 15) is 19.8 Å². The van der Waals surface area contributed by atoms with Gasteiger partial charge in [-0.05, 0) is 53.6 Å². The lowest BCUT2D eigenvalue weighted by Gasteiger charge is -2.14. The zero-order chi connectivity index (χ0) is 17.6. The van der Waals surface area contributed by atoms with Gasteiger partial charge in [-0.1, -0.05) is 24.3 Å². The highest BCUT2D eigenvalue weighted by Crippen LogP contribution is 2.32. The number of hydrogen-bond acceptors (Lipinski definition) is 4. The van der Waals surface area contributed by atoms with Gasteiger partial charge in [-0.3, -0.25) is 9.59 Å². The number of anilines is 1. The Labute approximate surface area is 143 Å². The lowest BCUT2D eigenvalue weighted by atomic mass is 10.1. The number of fused-ring (bicyclic) bond motifs is 1. The predicted octanol–water partition coefficient (Wildman–Crippen LogP) is 3.57. The Balaban J connectivity index is 1.68. The Bertz CT molecular complexity index is 991. The van der Waals surface area contributed by atoms with Crippen molar-refractivity contribution in [3.05, 3.63) is 77.9 Å². The second kappa shape index (κ2) is 5.49. The van der Waals surface area contributed by atoms with Crippen LogP contribution in [0.5, 0.6) is 11.5 Å². The van der Waals surface area contributed by atoms with Crippen LogP contribution in [0.1, 0.15) is 20.7 Å². The van der Waals surface area contributed by atoms with E-state index in [0.717, 1.165) is 16.0 Å². The van der Waals surface area contributed by atoms with Crippen LogP contribution in [0.3, 0.4) is 0 Å². The molecule has 5 heteroatoms. The van der Waals surface area contributed by atoms with E-state index in [-0.39, 0.29) is 22.6 Å². The van der Waals surface area contributed by atoms with Crippen molar-refractivity contribution in [1.29, 1.82) is 0 Å². The van der Waals surface area contributed by atoms with E-state index in [0.29, 0.717) is 5.69 Å². The van der Waals surface area contributed by atoms with E-state index in [1.165, 1.54) is 18.2 Å². The summed E-state index contributed by atoms with van der Waals surface area (Å²) in [5.41, 5.74) is 2.76. The van der Waals surface area contributed by atoms with Crippen LogP contribution in [0.2, 0.25) is 0 Å². The summed E-state index contributed by atoms with van der Waals surface area (Å²) in [6, 6.07) is 17.9. The number of phenols is 2. The van der Waals surface area contributed by atoms with Gasteiger partial charge in [-0.15, -0.1) is 0 Å². The molecule has 1 aliphatic heterocycles. The van der Waals surface area contributed by atoms with E-state index >= 15 is 0 Å². The van der Waals surface area contributed by atoms with Crippen LogP contribution in [0.25, 0.3) is 11.1 Å². The van der Waals surface area contributed by atoms with Gasteiger partial charge in [0.25, 0.3) is 11.8 Å². The first-order valence-corrected chi connectivity index (χ1v) is 7.66. The van der Waals surface area contributed by atoms with Crippen molar-refractivity contribution in [3.8, 4) is 22.6 Å². The molecule has 5 nitrogen and oxygen atoms in total. The molecule has 0 fully saturated rings. The van der Waals surface area contributed by atoms with E-state index < -0.39 is 11.8 Å². The number of hydrogen-bond donors (Lipinski definition) is 2. The third kappa shape index (κ3) is 2.42. The molecule has 0 aliphatic carbocycles. The molecule has 0 atom stereocenters. The largest absolute Gasteiger partial charge is 0.508 e. The molecule has 0 saturated carbocycles. The van der Waals surface area contributed by atoms with Crippen LogP contribution in [0.15, 0.2) is 66.7 Å². The van der Waals surface area contributed by atoms with E-state index in [1.807, 2.05) is 12.1 Å². The summed E-state index contributed by atoms with van der Waals surface area (Å²) in [5.74, 6) is -0.718. The van der Waals surface area contributed by atoms with E-state index in [4.69, 9.17) is 0 Å². The third-order valence-corrected chi connectivity index (χ3v) is 4.20. The van der Waals surface area contributed by atoms with Crippen LogP contribution < -0.4 is 4.90 Å². The Hall–Kier alpha value is -3.60. The van der Waals surface area contributed by atoms with Crippen molar-refractivity contribution < 1.29 is 19.8 Å². The van der Waals surface area contributed by atoms with E-state index in [1.54, 1.807) is 36.4 Å². The summed E-state index contributed by atoms with van der Waals surface area (Å²) in [4.78, 5) is 26.1. The number of rotatable bonds is 2. The van der Waals surface area contributed by atoms with Crippen LogP contribution in [0.4, 0.5) is 5.69 Å².